The molecule has 0 aliphatic heterocycles. The van der Waals surface area contributed by atoms with Crippen molar-refractivity contribution in [3.63, 3.8) is 0 Å². The molecule has 4 heteroatoms. The maximum Gasteiger partial charge on any atom is 0.135 e. The lowest BCUT2D eigenvalue weighted by molar-refractivity contribution is 0.669. The average molecular weight is 683 g/mol. The highest BCUT2D eigenvalue weighted by atomic mass is 32.1. The van der Waals surface area contributed by atoms with Gasteiger partial charge < -0.3 is 13.9 Å². The van der Waals surface area contributed by atoms with Crippen LogP contribution in [0, 0.1) is 0 Å². The summed E-state index contributed by atoms with van der Waals surface area (Å²) >= 11 is 1.85. The Morgan fingerprint density at radius 3 is 1.67 bits per heavy atom. The fourth-order valence-corrected chi connectivity index (χ4v) is 9.10. The Balaban J connectivity index is 1.00. The van der Waals surface area contributed by atoms with Crippen LogP contribution in [0.5, 0.6) is 0 Å². The highest BCUT2D eigenvalue weighted by molar-refractivity contribution is 7.25. The van der Waals surface area contributed by atoms with Crippen LogP contribution in [0.15, 0.2) is 186 Å². The van der Waals surface area contributed by atoms with Gasteiger partial charge >= 0.3 is 0 Å². The molecule has 0 fully saturated rings. The van der Waals surface area contributed by atoms with Gasteiger partial charge in [-0.2, -0.15) is 0 Å². The molecule has 3 aromatic heterocycles. The molecule has 8 aromatic carbocycles. The Morgan fingerprint density at radius 2 is 0.923 bits per heavy atom. The van der Waals surface area contributed by atoms with E-state index >= 15 is 0 Å². The van der Waals surface area contributed by atoms with E-state index in [0.29, 0.717) is 0 Å². The molecule has 3 heterocycles. The Morgan fingerprint density at radius 1 is 0.385 bits per heavy atom. The fourth-order valence-electron chi connectivity index (χ4n) is 7.96. The Kier molecular flexibility index (Phi) is 6.42. The second-order valence-corrected chi connectivity index (χ2v) is 14.4. The molecular weight excluding hydrogens is 653 g/mol. The first-order valence-corrected chi connectivity index (χ1v) is 18.4. The zero-order chi connectivity index (χ0) is 34.2. The summed E-state index contributed by atoms with van der Waals surface area (Å²) in [5, 5.41) is 7.38. The van der Waals surface area contributed by atoms with E-state index < -0.39 is 0 Å². The van der Waals surface area contributed by atoms with E-state index in [1.54, 1.807) is 0 Å². The lowest BCUT2D eigenvalue weighted by Crippen LogP contribution is -2.09. The first-order chi connectivity index (χ1) is 25.8. The van der Waals surface area contributed by atoms with Crippen LogP contribution in [0.2, 0.25) is 0 Å². The molecule has 11 rings (SSSR count). The van der Waals surface area contributed by atoms with Crippen molar-refractivity contribution in [2.24, 2.45) is 0 Å². The molecule has 244 valence electrons. The van der Waals surface area contributed by atoms with Gasteiger partial charge in [0.25, 0.3) is 0 Å². The second kappa shape index (κ2) is 11.5. The summed E-state index contributed by atoms with van der Waals surface area (Å²) in [7, 11) is 0. The van der Waals surface area contributed by atoms with Crippen molar-refractivity contribution in [1.82, 2.24) is 4.57 Å². The summed E-state index contributed by atoms with van der Waals surface area (Å²) in [6.07, 6.45) is 0. The van der Waals surface area contributed by atoms with Crippen LogP contribution in [-0.2, 0) is 0 Å². The Bertz CT molecular complexity index is 3070. The van der Waals surface area contributed by atoms with E-state index in [9.17, 15) is 0 Å². The standard InChI is InChI=1S/C48H30N2OS/c1-5-13-43-37(9-1)38-10-2-6-14-44(38)50(43)34-23-19-32(20-24-34)31-17-21-33(22-18-31)49(35-26-28-46-42(29-35)39-11-3-7-15-45(39)51-46)36-25-27-41-40-12-4-8-16-47(40)52-48(41)30-36/h1-30H. The van der Waals surface area contributed by atoms with Crippen molar-refractivity contribution in [2.45, 2.75) is 0 Å². The number of hydrogen-bond donors (Lipinski definition) is 0. The summed E-state index contributed by atoms with van der Waals surface area (Å²) in [6.45, 7) is 0. The lowest BCUT2D eigenvalue weighted by atomic mass is 10.0. The number of anilines is 3. The van der Waals surface area contributed by atoms with Crippen molar-refractivity contribution in [3.8, 4) is 16.8 Å². The van der Waals surface area contributed by atoms with Crippen LogP contribution in [-0.4, -0.2) is 4.57 Å². The molecule has 0 N–H and O–H groups in total. The molecule has 52 heavy (non-hydrogen) atoms. The number of hydrogen-bond acceptors (Lipinski definition) is 3. The van der Waals surface area contributed by atoms with Crippen molar-refractivity contribution < 1.29 is 4.42 Å². The molecule has 3 nitrogen and oxygen atoms in total. The van der Waals surface area contributed by atoms with Crippen LogP contribution in [0.25, 0.3) is 80.7 Å². The molecule has 0 aliphatic rings. The van der Waals surface area contributed by atoms with Crippen LogP contribution in [0.4, 0.5) is 17.1 Å². The molecule has 0 amide bonds. The van der Waals surface area contributed by atoms with E-state index in [4.69, 9.17) is 4.42 Å². The highest BCUT2D eigenvalue weighted by Crippen LogP contribution is 2.43. The summed E-state index contributed by atoms with van der Waals surface area (Å²) in [5.41, 5.74) is 11.0. The third-order valence-electron chi connectivity index (χ3n) is 10.4. The number of furan rings is 1. The summed E-state index contributed by atoms with van der Waals surface area (Å²) in [4.78, 5) is 2.36. The SMILES string of the molecule is c1ccc2c(c1)oc1ccc(N(c3ccc(-c4ccc(-n5c6ccccc6c6ccccc65)cc4)cc3)c3ccc4c(c3)sc3ccccc34)cc12. The minimum Gasteiger partial charge on any atom is -0.456 e. The van der Waals surface area contributed by atoms with E-state index in [2.05, 4.69) is 179 Å². The van der Waals surface area contributed by atoms with E-state index in [1.807, 2.05) is 23.5 Å². The largest absolute Gasteiger partial charge is 0.456 e. The second-order valence-electron chi connectivity index (χ2n) is 13.4. The highest BCUT2D eigenvalue weighted by Gasteiger charge is 2.18. The molecule has 0 aliphatic carbocycles. The van der Waals surface area contributed by atoms with Crippen molar-refractivity contribution in [3.05, 3.63) is 182 Å². The topological polar surface area (TPSA) is 21.3 Å². The maximum atomic E-state index is 6.21. The normalized spacial score (nSPS) is 11.8. The number of fused-ring (bicyclic) bond motifs is 9. The number of para-hydroxylation sites is 3. The van der Waals surface area contributed by atoms with Crippen molar-refractivity contribution in [2.75, 3.05) is 4.90 Å². The minimum atomic E-state index is 0.893. The summed E-state index contributed by atoms with van der Waals surface area (Å²) < 4.78 is 11.2. The summed E-state index contributed by atoms with van der Waals surface area (Å²) in [6, 6.07) is 65.5. The van der Waals surface area contributed by atoms with E-state index in [1.165, 1.54) is 53.1 Å². The average Bonchev–Trinajstić information content (AvgIpc) is 3.88. The third-order valence-corrected chi connectivity index (χ3v) is 11.5. The van der Waals surface area contributed by atoms with Gasteiger partial charge in [-0.05, 0) is 90.0 Å². The lowest BCUT2D eigenvalue weighted by Gasteiger charge is -2.26. The van der Waals surface area contributed by atoms with Gasteiger partial charge in [-0.3, -0.25) is 0 Å². The fraction of sp³-hybridized carbons (Fsp3) is 0. The monoisotopic (exact) mass is 682 g/mol. The Labute approximate surface area is 303 Å². The molecule has 0 spiro atoms. The first-order valence-electron chi connectivity index (χ1n) is 17.6. The van der Waals surface area contributed by atoms with Crippen LogP contribution >= 0.6 is 11.3 Å². The van der Waals surface area contributed by atoms with Gasteiger partial charge in [0.2, 0.25) is 0 Å². The van der Waals surface area contributed by atoms with Gasteiger partial charge in [-0.1, -0.05) is 103 Å². The molecule has 0 saturated heterocycles. The van der Waals surface area contributed by atoms with Gasteiger partial charge in [-0.15, -0.1) is 11.3 Å². The quantitative estimate of drug-likeness (QED) is 0.180. The van der Waals surface area contributed by atoms with Crippen molar-refractivity contribution >= 4 is 92.3 Å². The van der Waals surface area contributed by atoms with E-state index in [0.717, 1.165) is 44.7 Å². The number of thiophene rings is 1. The molecule has 0 radical (unpaired) electrons. The zero-order valence-electron chi connectivity index (χ0n) is 28.0. The van der Waals surface area contributed by atoms with Gasteiger partial charge in [0.05, 0.1) is 11.0 Å². The number of benzene rings is 8. The smallest absolute Gasteiger partial charge is 0.135 e. The van der Waals surface area contributed by atoms with Crippen LogP contribution < -0.4 is 4.90 Å². The zero-order valence-corrected chi connectivity index (χ0v) is 28.8. The third kappa shape index (κ3) is 4.51. The number of aromatic nitrogens is 1. The number of rotatable bonds is 5. The predicted octanol–water partition coefficient (Wildman–Crippen LogP) is 14.2. The van der Waals surface area contributed by atoms with Gasteiger partial charge in [0, 0.05) is 64.5 Å². The molecule has 0 bridgehead atoms. The summed E-state index contributed by atoms with van der Waals surface area (Å²) in [5.74, 6) is 0. The molecule has 0 atom stereocenters. The maximum absolute atomic E-state index is 6.21. The molecule has 11 aromatic rings. The predicted molar refractivity (Wildman–Crippen MR) is 221 cm³/mol. The van der Waals surface area contributed by atoms with Crippen LogP contribution in [0.3, 0.4) is 0 Å². The Hall–Kier alpha value is -6.62. The van der Waals surface area contributed by atoms with Gasteiger partial charge in [0.1, 0.15) is 11.2 Å². The molecule has 0 unspecified atom stereocenters. The molecule has 0 saturated carbocycles. The molecular formula is C48H30N2OS. The van der Waals surface area contributed by atoms with E-state index in [-0.39, 0.29) is 0 Å². The van der Waals surface area contributed by atoms with Gasteiger partial charge in [0.15, 0.2) is 0 Å². The van der Waals surface area contributed by atoms with Gasteiger partial charge in [-0.25, -0.2) is 0 Å². The minimum absolute atomic E-state index is 0.893. The van der Waals surface area contributed by atoms with Crippen LogP contribution in [0.1, 0.15) is 0 Å². The first kappa shape index (κ1) is 29.1. The number of nitrogens with zero attached hydrogens (tertiary/aromatic N) is 2. The van der Waals surface area contributed by atoms with Crippen molar-refractivity contribution in [1.29, 1.82) is 0 Å².